The highest BCUT2D eigenvalue weighted by molar-refractivity contribution is 5.21. The summed E-state index contributed by atoms with van der Waals surface area (Å²) in [6, 6.07) is 9.02. The summed E-state index contributed by atoms with van der Waals surface area (Å²) in [6.45, 7) is 10.2. The van der Waals surface area contributed by atoms with Gasteiger partial charge >= 0.3 is 0 Å². The molecule has 1 aromatic rings. The van der Waals surface area contributed by atoms with E-state index < -0.39 is 0 Å². The van der Waals surface area contributed by atoms with E-state index in [1.807, 2.05) is 4.90 Å². The normalized spacial score (nSPS) is 29.5. The van der Waals surface area contributed by atoms with Gasteiger partial charge in [0.25, 0.3) is 0 Å². The molecule has 2 N–H and O–H groups in total. The SMILES string of the molecule is Cc1cccc(C[NH+]2CC[NH+](C[C@H]3CC=CCC3)CC2)c1. The topological polar surface area (TPSA) is 8.88 Å². The van der Waals surface area contributed by atoms with Crippen molar-refractivity contribution in [1.29, 1.82) is 0 Å². The lowest BCUT2D eigenvalue weighted by Gasteiger charge is -2.32. The average molecular weight is 286 g/mol. The van der Waals surface area contributed by atoms with Crippen molar-refractivity contribution in [1.82, 2.24) is 0 Å². The number of rotatable bonds is 4. The number of quaternary nitrogens is 2. The Morgan fingerprint density at radius 1 is 1.05 bits per heavy atom. The summed E-state index contributed by atoms with van der Waals surface area (Å²) >= 11 is 0. The van der Waals surface area contributed by atoms with Gasteiger partial charge in [0.05, 0.1) is 6.54 Å². The summed E-state index contributed by atoms with van der Waals surface area (Å²) in [7, 11) is 0. The number of hydrogen-bond acceptors (Lipinski definition) is 0. The summed E-state index contributed by atoms with van der Waals surface area (Å²) in [5.74, 6) is 0.948. The Balaban J connectivity index is 1.43. The lowest BCUT2D eigenvalue weighted by molar-refractivity contribution is -1.02. The molecule has 1 aromatic carbocycles. The van der Waals surface area contributed by atoms with Crippen LogP contribution in [0.4, 0.5) is 0 Å². The van der Waals surface area contributed by atoms with Crippen molar-refractivity contribution in [3.63, 3.8) is 0 Å². The Labute approximate surface area is 129 Å². The molecular weight excluding hydrogens is 256 g/mol. The molecule has 2 nitrogen and oxygen atoms in total. The van der Waals surface area contributed by atoms with Gasteiger partial charge in [-0.05, 0) is 26.2 Å². The van der Waals surface area contributed by atoms with Crippen LogP contribution in [0.25, 0.3) is 0 Å². The van der Waals surface area contributed by atoms with Crippen molar-refractivity contribution in [2.45, 2.75) is 32.7 Å². The maximum Gasteiger partial charge on any atom is 0.127 e. The van der Waals surface area contributed by atoms with Crippen molar-refractivity contribution in [2.75, 3.05) is 32.7 Å². The smallest absolute Gasteiger partial charge is 0.127 e. The van der Waals surface area contributed by atoms with Crippen LogP contribution in [0.5, 0.6) is 0 Å². The Morgan fingerprint density at radius 2 is 1.86 bits per heavy atom. The van der Waals surface area contributed by atoms with Gasteiger partial charge in [-0.25, -0.2) is 0 Å². The van der Waals surface area contributed by atoms with Gasteiger partial charge in [0.2, 0.25) is 0 Å². The second-order valence-corrected chi connectivity index (χ2v) is 7.02. The Kier molecular flexibility index (Phi) is 5.10. The van der Waals surface area contributed by atoms with E-state index in [9.17, 15) is 0 Å². The zero-order valence-electron chi connectivity index (χ0n) is 13.4. The van der Waals surface area contributed by atoms with E-state index in [1.165, 1.54) is 69.7 Å². The van der Waals surface area contributed by atoms with E-state index in [2.05, 4.69) is 43.3 Å². The molecule has 1 saturated heterocycles. The fraction of sp³-hybridized carbons (Fsp3) is 0.579. The van der Waals surface area contributed by atoms with Gasteiger partial charge in [0.15, 0.2) is 0 Å². The van der Waals surface area contributed by atoms with Crippen LogP contribution in [-0.2, 0) is 6.54 Å². The first-order valence-electron chi connectivity index (χ1n) is 8.67. The molecule has 1 aliphatic heterocycles. The van der Waals surface area contributed by atoms with Crippen molar-refractivity contribution < 1.29 is 9.80 Å². The standard InChI is InChI=1S/C19H28N2/c1-17-6-5-9-19(14-17)16-21-12-10-20(11-13-21)15-18-7-3-2-4-8-18/h2-3,5-6,9,14,18H,4,7-8,10-13,15-16H2,1H3/p+2/t18-/m0/s1. The first kappa shape index (κ1) is 14.8. The van der Waals surface area contributed by atoms with Crippen LogP contribution in [0.15, 0.2) is 36.4 Å². The molecule has 0 spiro atoms. The predicted octanol–water partition coefficient (Wildman–Crippen LogP) is 0.635. The van der Waals surface area contributed by atoms with Crippen LogP contribution < -0.4 is 9.80 Å². The molecule has 0 unspecified atom stereocenters. The van der Waals surface area contributed by atoms with E-state index in [1.54, 1.807) is 4.90 Å². The van der Waals surface area contributed by atoms with E-state index in [-0.39, 0.29) is 0 Å². The Morgan fingerprint density at radius 3 is 2.57 bits per heavy atom. The van der Waals surface area contributed by atoms with Crippen LogP contribution in [0.2, 0.25) is 0 Å². The highest BCUT2D eigenvalue weighted by atomic mass is 15.3. The molecule has 1 fully saturated rings. The second-order valence-electron chi connectivity index (χ2n) is 7.02. The average Bonchev–Trinajstić information content (AvgIpc) is 2.50. The fourth-order valence-electron chi connectivity index (χ4n) is 3.90. The van der Waals surface area contributed by atoms with Gasteiger partial charge in [-0.15, -0.1) is 0 Å². The van der Waals surface area contributed by atoms with Crippen LogP contribution in [0.3, 0.4) is 0 Å². The van der Waals surface area contributed by atoms with Crippen molar-refractivity contribution in [2.24, 2.45) is 5.92 Å². The summed E-state index contributed by atoms with van der Waals surface area (Å²) in [6.07, 6.45) is 8.80. The molecule has 0 saturated carbocycles. The summed E-state index contributed by atoms with van der Waals surface area (Å²) in [5, 5.41) is 0. The molecule has 0 amide bonds. The summed E-state index contributed by atoms with van der Waals surface area (Å²) in [4.78, 5) is 3.62. The van der Waals surface area contributed by atoms with Gasteiger partial charge < -0.3 is 9.80 Å². The summed E-state index contributed by atoms with van der Waals surface area (Å²) < 4.78 is 0. The number of allylic oxidation sites excluding steroid dienone is 2. The minimum absolute atomic E-state index is 0.948. The van der Waals surface area contributed by atoms with Crippen LogP contribution in [0, 0.1) is 12.8 Å². The summed E-state index contributed by atoms with van der Waals surface area (Å²) in [5.41, 5.74) is 2.90. The molecule has 1 heterocycles. The number of nitrogens with one attached hydrogen (secondary N) is 2. The molecule has 0 radical (unpaired) electrons. The van der Waals surface area contributed by atoms with Gasteiger partial charge in [-0.2, -0.15) is 0 Å². The zero-order chi connectivity index (χ0) is 14.5. The quantitative estimate of drug-likeness (QED) is 0.752. The van der Waals surface area contributed by atoms with Crippen LogP contribution in [-0.4, -0.2) is 32.7 Å². The van der Waals surface area contributed by atoms with E-state index >= 15 is 0 Å². The Hall–Kier alpha value is -1.12. The van der Waals surface area contributed by atoms with E-state index in [4.69, 9.17) is 0 Å². The number of aryl methyl sites for hydroxylation is 1. The van der Waals surface area contributed by atoms with Crippen LogP contribution >= 0.6 is 0 Å². The molecular formula is C19H30N2+2. The third kappa shape index (κ3) is 4.42. The predicted molar refractivity (Wildman–Crippen MR) is 87.6 cm³/mol. The number of benzene rings is 1. The lowest BCUT2D eigenvalue weighted by atomic mass is 9.94. The molecule has 21 heavy (non-hydrogen) atoms. The highest BCUT2D eigenvalue weighted by Gasteiger charge is 2.25. The lowest BCUT2D eigenvalue weighted by Crippen LogP contribution is -3.27. The Bertz CT molecular complexity index is 472. The van der Waals surface area contributed by atoms with Gasteiger partial charge in [0, 0.05) is 11.5 Å². The van der Waals surface area contributed by atoms with Gasteiger partial charge in [0.1, 0.15) is 32.7 Å². The van der Waals surface area contributed by atoms with Crippen LogP contribution in [0.1, 0.15) is 30.4 Å². The highest BCUT2D eigenvalue weighted by Crippen LogP contribution is 2.15. The van der Waals surface area contributed by atoms with Crippen molar-refractivity contribution >= 4 is 0 Å². The van der Waals surface area contributed by atoms with E-state index in [0.29, 0.717) is 0 Å². The number of piperazine rings is 1. The molecule has 1 atom stereocenters. The fourth-order valence-corrected chi connectivity index (χ4v) is 3.90. The molecule has 1 aliphatic carbocycles. The number of hydrogen-bond donors (Lipinski definition) is 2. The minimum Gasteiger partial charge on any atom is -0.325 e. The molecule has 0 aromatic heterocycles. The third-order valence-electron chi connectivity index (χ3n) is 5.16. The second kappa shape index (κ2) is 7.24. The third-order valence-corrected chi connectivity index (χ3v) is 5.16. The molecule has 0 bridgehead atoms. The van der Waals surface area contributed by atoms with Gasteiger partial charge in [-0.3, -0.25) is 0 Å². The van der Waals surface area contributed by atoms with Crippen molar-refractivity contribution in [3.05, 3.63) is 47.5 Å². The molecule has 2 aliphatic rings. The maximum absolute atomic E-state index is 2.40. The first-order chi connectivity index (χ1) is 10.3. The molecule has 3 rings (SSSR count). The van der Waals surface area contributed by atoms with Crippen molar-refractivity contribution in [3.8, 4) is 0 Å². The molecule has 114 valence electrons. The largest absolute Gasteiger partial charge is 0.325 e. The minimum atomic E-state index is 0.948. The van der Waals surface area contributed by atoms with Gasteiger partial charge in [-0.1, -0.05) is 42.0 Å². The first-order valence-corrected chi connectivity index (χ1v) is 8.67. The monoisotopic (exact) mass is 286 g/mol. The maximum atomic E-state index is 2.40. The van der Waals surface area contributed by atoms with E-state index in [0.717, 1.165) is 5.92 Å². The molecule has 2 heteroatoms. The zero-order valence-corrected chi connectivity index (χ0v) is 13.4.